The highest BCUT2D eigenvalue weighted by Gasteiger charge is 2.49. The highest BCUT2D eigenvalue weighted by Crippen LogP contribution is 2.41. The van der Waals surface area contributed by atoms with Crippen molar-refractivity contribution in [1.82, 2.24) is 0 Å². The number of benzene rings is 3. The molecule has 1 fully saturated rings. The molecule has 1 aliphatic heterocycles. The van der Waals surface area contributed by atoms with Crippen LogP contribution in [0.1, 0.15) is 37.0 Å². The molecule has 1 saturated heterocycles. The fraction of sp³-hybridized carbons (Fsp3) is 0.286. The average Bonchev–Trinajstić information content (AvgIpc) is 2.82. The summed E-state index contributed by atoms with van der Waals surface area (Å²) < 4.78 is 116. The molecule has 0 aliphatic carbocycles. The van der Waals surface area contributed by atoms with E-state index in [1.165, 1.54) is 12.1 Å². The van der Waals surface area contributed by atoms with Gasteiger partial charge < -0.3 is 4.74 Å². The van der Waals surface area contributed by atoms with Crippen LogP contribution in [0.25, 0.3) is 22.3 Å². The van der Waals surface area contributed by atoms with Gasteiger partial charge in [0.25, 0.3) is 0 Å². The van der Waals surface area contributed by atoms with Crippen molar-refractivity contribution < 1.29 is 44.6 Å². The fourth-order valence-corrected chi connectivity index (χ4v) is 4.48. The van der Waals surface area contributed by atoms with Gasteiger partial charge >= 0.3 is 12.5 Å². The molecule has 2 atom stereocenters. The number of rotatable bonds is 6. The van der Waals surface area contributed by atoms with Crippen molar-refractivity contribution in [2.45, 2.75) is 38.3 Å². The minimum Gasteiger partial charge on any atom is -0.373 e. The molecule has 2 unspecified atom stereocenters. The van der Waals surface area contributed by atoms with Crippen molar-refractivity contribution in [2.24, 2.45) is 5.92 Å². The van der Waals surface area contributed by atoms with E-state index in [1.807, 2.05) is 25.1 Å². The van der Waals surface area contributed by atoms with Crippen LogP contribution in [-0.2, 0) is 15.6 Å². The molecule has 0 amide bonds. The second kappa shape index (κ2) is 10.9. The monoisotopic (exact) mass is 542 g/mol. The molecule has 0 aromatic heterocycles. The average molecular weight is 542 g/mol. The van der Waals surface area contributed by atoms with Crippen molar-refractivity contribution >= 4 is 0 Å². The molecule has 1 heterocycles. The Morgan fingerprint density at radius 2 is 1.39 bits per heavy atom. The first-order valence-corrected chi connectivity index (χ1v) is 11.7. The van der Waals surface area contributed by atoms with E-state index in [2.05, 4.69) is 10.8 Å². The smallest absolute Gasteiger partial charge is 0.373 e. The zero-order valence-electron chi connectivity index (χ0n) is 20.0. The van der Waals surface area contributed by atoms with Gasteiger partial charge in [-0.1, -0.05) is 48.6 Å². The fourth-order valence-electron chi connectivity index (χ4n) is 4.48. The third kappa shape index (κ3) is 6.24. The topological polar surface area (TPSA) is 18.5 Å². The summed E-state index contributed by atoms with van der Waals surface area (Å²) in [5, 5.41) is 0. The molecule has 2 nitrogen and oxygen atoms in total. The van der Waals surface area contributed by atoms with E-state index >= 15 is 0 Å². The number of hydrogen-bond donors (Lipinski definition) is 0. The summed E-state index contributed by atoms with van der Waals surface area (Å²) >= 11 is 0. The summed E-state index contributed by atoms with van der Waals surface area (Å²) in [5.74, 6) is -4.56. The Labute approximate surface area is 213 Å². The minimum absolute atomic E-state index is 0.0497. The Hall–Kier alpha value is -3.24. The van der Waals surface area contributed by atoms with Crippen molar-refractivity contribution in [3.8, 4) is 22.3 Å². The molecule has 0 radical (unpaired) electrons. The molecule has 0 spiro atoms. The standard InChI is InChI=1S/C28H22F8O2/c1-2-3-16-4-11-25(37-15-16)18-7-5-17(6-8-18)19-9-10-21(22(29)12-19)20-13-23(30)26(24(31)14-20)27(32,33)38-28(34,35)36/h2-3,5-10,12-14,16,25H,4,11,15H2,1H3. The molecule has 0 saturated carbocycles. The molecule has 4 rings (SSSR count). The van der Waals surface area contributed by atoms with Gasteiger partial charge in [0.1, 0.15) is 23.0 Å². The van der Waals surface area contributed by atoms with Crippen LogP contribution in [0.2, 0.25) is 0 Å². The van der Waals surface area contributed by atoms with E-state index in [4.69, 9.17) is 4.74 Å². The second-order valence-corrected chi connectivity index (χ2v) is 8.88. The van der Waals surface area contributed by atoms with Crippen LogP contribution >= 0.6 is 0 Å². The Balaban J connectivity index is 1.54. The van der Waals surface area contributed by atoms with E-state index in [0.717, 1.165) is 24.5 Å². The lowest BCUT2D eigenvalue weighted by Crippen LogP contribution is -2.29. The first-order valence-electron chi connectivity index (χ1n) is 11.7. The lowest BCUT2D eigenvalue weighted by Gasteiger charge is -2.27. The van der Waals surface area contributed by atoms with Gasteiger partial charge in [0, 0.05) is 11.5 Å². The SMILES string of the molecule is CC=CC1CCC(c2ccc(-c3ccc(-c4cc(F)c(C(F)(F)OC(F)(F)F)c(F)c4)c(F)c3)cc2)OC1. The van der Waals surface area contributed by atoms with E-state index in [0.29, 0.717) is 35.8 Å². The summed E-state index contributed by atoms with van der Waals surface area (Å²) in [6.07, 6.45) is -5.24. The maximum atomic E-state index is 14.9. The zero-order valence-corrected chi connectivity index (χ0v) is 20.0. The third-order valence-electron chi connectivity index (χ3n) is 6.25. The molecule has 10 heteroatoms. The normalized spacial score (nSPS) is 18.8. The lowest BCUT2D eigenvalue weighted by molar-refractivity contribution is -0.432. The van der Waals surface area contributed by atoms with Gasteiger partial charge in [-0.25, -0.2) is 17.9 Å². The van der Waals surface area contributed by atoms with Crippen LogP contribution < -0.4 is 0 Å². The van der Waals surface area contributed by atoms with E-state index < -0.39 is 41.0 Å². The molecule has 38 heavy (non-hydrogen) atoms. The van der Waals surface area contributed by atoms with Gasteiger partial charge in [0.05, 0.1) is 12.7 Å². The first kappa shape index (κ1) is 27.8. The number of halogens is 8. The maximum Gasteiger partial charge on any atom is 0.527 e. The van der Waals surface area contributed by atoms with Gasteiger partial charge in [-0.3, -0.25) is 0 Å². The second-order valence-electron chi connectivity index (χ2n) is 8.88. The summed E-state index contributed by atoms with van der Waals surface area (Å²) in [6.45, 7) is 2.59. The van der Waals surface area contributed by atoms with Crippen LogP contribution in [0.3, 0.4) is 0 Å². The lowest BCUT2D eigenvalue weighted by atomic mass is 9.93. The number of ether oxygens (including phenoxy) is 2. The summed E-state index contributed by atoms with van der Waals surface area (Å²) in [7, 11) is 0. The van der Waals surface area contributed by atoms with Crippen LogP contribution in [0, 0.1) is 23.4 Å². The molecular formula is C28H22F8O2. The summed E-state index contributed by atoms with van der Waals surface area (Å²) in [4.78, 5) is 0. The third-order valence-corrected chi connectivity index (χ3v) is 6.25. The van der Waals surface area contributed by atoms with Gasteiger partial charge in [0.2, 0.25) is 0 Å². The zero-order chi connectivity index (χ0) is 27.7. The van der Waals surface area contributed by atoms with Gasteiger partial charge in [-0.2, -0.15) is 8.78 Å². The molecule has 3 aromatic carbocycles. The van der Waals surface area contributed by atoms with Crippen LogP contribution in [0.5, 0.6) is 0 Å². The van der Waals surface area contributed by atoms with Crippen molar-refractivity contribution in [3.63, 3.8) is 0 Å². The van der Waals surface area contributed by atoms with Gasteiger partial charge in [0.15, 0.2) is 0 Å². The van der Waals surface area contributed by atoms with E-state index in [9.17, 15) is 35.1 Å². The number of allylic oxidation sites excluding steroid dienone is 1. The summed E-state index contributed by atoms with van der Waals surface area (Å²) in [6, 6.07) is 11.7. The minimum atomic E-state index is -5.85. The van der Waals surface area contributed by atoms with Gasteiger partial charge in [-0.15, -0.1) is 13.2 Å². The molecule has 202 valence electrons. The van der Waals surface area contributed by atoms with Crippen molar-refractivity contribution in [3.05, 3.63) is 95.3 Å². The number of alkyl halides is 5. The Kier molecular flexibility index (Phi) is 7.94. The van der Waals surface area contributed by atoms with E-state index in [1.54, 1.807) is 12.1 Å². The predicted molar refractivity (Wildman–Crippen MR) is 124 cm³/mol. The first-order chi connectivity index (χ1) is 17.9. The quantitative estimate of drug-likeness (QED) is 0.229. The largest absolute Gasteiger partial charge is 0.527 e. The van der Waals surface area contributed by atoms with Crippen molar-refractivity contribution in [1.29, 1.82) is 0 Å². The Bertz CT molecular complexity index is 1280. The highest BCUT2D eigenvalue weighted by atomic mass is 19.4. The Morgan fingerprint density at radius 3 is 1.92 bits per heavy atom. The van der Waals surface area contributed by atoms with Crippen molar-refractivity contribution in [2.75, 3.05) is 6.61 Å². The summed E-state index contributed by atoms with van der Waals surface area (Å²) in [5.41, 5.74) is -0.966. The Morgan fingerprint density at radius 1 is 0.789 bits per heavy atom. The molecule has 1 aliphatic rings. The van der Waals surface area contributed by atoms with Crippen LogP contribution in [-0.4, -0.2) is 13.0 Å². The molecule has 0 bridgehead atoms. The molecule has 0 N–H and O–H groups in total. The van der Waals surface area contributed by atoms with Crippen LogP contribution in [0.4, 0.5) is 35.1 Å². The maximum absolute atomic E-state index is 14.9. The van der Waals surface area contributed by atoms with E-state index in [-0.39, 0.29) is 11.7 Å². The van der Waals surface area contributed by atoms with Crippen LogP contribution in [0.15, 0.2) is 66.7 Å². The van der Waals surface area contributed by atoms with Gasteiger partial charge in [-0.05, 0) is 60.2 Å². The predicted octanol–water partition coefficient (Wildman–Crippen LogP) is 9.07. The molecular weight excluding hydrogens is 520 g/mol. The highest BCUT2D eigenvalue weighted by molar-refractivity contribution is 5.71. The number of hydrogen-bond acceptors (Lipinski definition) is 2. The molecule has 3 aromatic rings.